The highest BCUT2D eigenvalue weighted by molar-refractivity contribution is 5.93. The molecule has 1 unspecified atom stereocenters. The van der Waals surface area contributed by atoms with Crippen LogP contribution in [0.3, 0.4) is 0 Å². The minimum Gasteiger partial charge on any atom is -0.310 e. The van der Waals surface area contributed by atoms with Crippen molar-refractivity contribution in [3.8, 4) is 0 Å². The summed E-state index contributed by atoms with van der Waals surface area (Å²) in [5.74, 6) is 0.146. The Morgan fingerprint density at radius 2 is 2.20 bits per heavy atom. The van der Waals surface area contributed by atoms with Gasteiger partial charge in [-0.2, -0.15) is 0 Å². The SMILES string of the molecule is CC(=O)N1c2ccc(C)cc2CCC1C. The van der Waals surface area contributed by atoms with Gasteiger partial charge in [0.25, 0.3) is 0 Å². The van der Waals surface area contributed by atoms with E-state index in [0.717, 1.165) is 18.5 Å². The number of carbonyl (C=O) groups is 1. The predicted octanol–water partition coefficient (Wildman–Crippen LogP) is 2.68. The maximum Gasteiger partial charge on any atom is 0.224 e. The average Bonchev–Trinajstić information content (AvgIpc) is 2.17. The summed E-state index contributed by atoms with van der Waals surface area (Å²) in [7, 11) is 0. The van der Waals surface area contributed by atoms with E-state index in [1.54, 1.807) is 6.92 Å². The molecule has 0 aliphatic carbocycles. The molecule has 1 aromatic rings. The number of fused-ring (bicyclic) bond motifs is 1. The lowest BCUT2D eigenvalue weighted by Crippen LogP contribution is -2.40. The number of hydrogen-bond acceptors (Lipinski definition) is 1. The van der Waals surface area contributed by atoms with E-state index in [1.807, 2.05) is 4.90 Å². The van der Waals surface area contributed by atoms with Crippen LogP contribution in [0.2, 0.25) is 0 Å². The number of anilines is 1. The van der Waals surface area contributed by atoms with Crippen molar-refractivity contribution in [1.29, 1.82) is 0 Å². The Bertz CT molecular complexity index is 398. The molecule has 1 aromatic carbocycles. The standard InChI is InChI=1S/C13H17NO/c1-9-4-7-13-12(8-9)6-5-10(2)14(13)11(3)15/h4,7-8,10H,5-6H2,1-3H3. The molecule has 0 saturated heterocycles. The fourth-order valence-corrected chi connectivity index (χ4v) is 2.36. The Hall–Kier alpha value is -1.31. The molecule has 1 amide bonds. The Kier molecular flexibility index (Phi) is 2.51. The number of rotatable bonds is 0. The topological polar surface area (TPSA) is 20.3 Å². The van der Waals surface area contributed by atoms with Crippen molar-refractivity contribution >= 4 is 11.6 Å². The van der Waals surface area contributed by atoms with Crippen LogP contribution in [0.4, 0.5) is 5.69 Å². The Morgan fingerprint density at radius 3 is 2.87 bits per heavy atom. The van der Waals surface area contributed by atoms with Crippen LogP contribution in [0, 0.1) is 6.92 Å². The monoisotopic (exact) mass is 203 g/mol. The molecule has 15 heavy (non-hydrogen) atoms. The second-order valence-corrected chi connectivity index (χ2v) is 4.41. The highest BCUT2D eigenvalue weighted by Gasteiger charge is 2.25. The van der Waals surface area contributed by atoms with Crippen molar-refractivity contribution in [1.82, 2.24) is 0 Å². The third-order valence-electron chi connectivity index (χ3n) is 3.11. The second kappa shape index (κ2) is 3.69. The highest BCUT2D eigenvalue weighted by atomic mass is 16.2. The van der Waals surface area contributed by atoms with Crippen LogP contribution in [0.1, 0.15) is 31.4 Å². The van der Waals surface area contributed by atoms with E-state index in [2.05, 4.69) is 32.0 Å². The van der Waals surface area contributed by atoms with Crippen molar-refractivity contribution in [2.75, 3.05) is 4.90 Å². The zero-order valence-corrected chi connectivity index (χ0v) is 9.58. The van der Waals surface area contributed by atoms with Crippen LogP contribution in [-0.4, -0.2) is 11.9 Å². The summed E-state index contributed by atoms with van der Waals surface area (Å²) in [6.45, 7) is 5.85. The summed E-state index contributed by atoms with van der Waals surface area (Å²) >= 11 is 0. The molecule has 0 spiro atoms. The summed E-state index contributed by atoms with van der Waals surface area (Å²) in [6.07, 6.45) is 2.15. The number of hydrogen-bond donors (Lipinski definition) is 0. The molecule has 1 atom stereocenters. The smallest absolute Gasteiger partial charge is 0.224 e. The first-order valence-electron chi connectivity index (χ1n) is 5.49. The second-order valence-electron chi connectivity index (χ2n) is 4.41. The fourth-order valence-electron chi connectivity index (χ4n) is 2.36. The molecule has 2 heteroatoms. The third-order valence-corrected chi connectivity index (χ3v) is 3.11. The number of nitrogens with zero attached hydrogens (tertiary/aromatic N) is 1. The van der Waals surface area contributed by atoms with Crippen LogP contribution in [0.5, 0.6) is 0 Å². The van der Waals surface area contributed by atoms with Crippen molar-refractivity contribution in [2.24, 2.45) is 0 Å². The fraction of sp³-hybridized carbons (Fsp3) is 0.462. The summed E-state index contributed by atoms with van der Waals surface area (Å²) < 4.78 is 0. The number of benzene rings is 1. The van der Waals surface area contributed by atoms with Crippen molar-refractivity contribution < 1.29 is 4.79 Å². The van der Waals surface area contributed by atoms with E-state index in [9.17, 15) is 4.79 Å². The van der Waals surface area contributed by atoms with Gasteiger partial charge in [0.05, 0.1) is 0 Å². The molecule has 2 nitrogen and oxygen atoms in total. The third kappa shape index (κ3) is 1.76. The maximum absolute atomic E-state index is 11.6. The summed E-state index contributed by atoms with van der Waals surface area (Å²) in [6, 6.07) is 6.67. The molecule has 0 fully saturated rings. The molecular weight excluding hydrogens is 186 g/mol. The summed E-state index contributed by atoms with van der Waals surface area (Å²) in [5, 5.41) is 0. The molecule has 1 aliphatic heterocycles. The van der Waals surface area contributed by atoms with Crippen molar-refractivity contribution in [3.63, 3.8) is 0 Å². The summed E-state index contributed by atoms with van der Waals surface area (Å²) in [4.78, 5) is 13.5. The first-order chi connectivity index (χ1) is 7.09. The molecule has 0 bridgehead atoms. The van der Waals surface area contributed by atoms with Gasteiger partial charge in [-0.05, 0) is 38.3 Å². The van der Waals surface area contributed by atoms with Gasteiger partial charge in [0.2, 0.25) is 5.91 Å². The van der Waals surface area contributed by atoms with Crippen molar-refractivity contribution in [3.05, 3.63) is 29.3 Å². The Balaban J connectivity index is 2.48. The van der Waals surface area contributed by atoms with E-state index in [-0.39, 0.29) is 5.91 Å². The van der Waals surface area contributed by atoms with Crippen LogP contribution < -0.4 is 4.90 Å². The van der Waals surface area contributed by atoms with Crippen molar-refractivity contribution in [2.45, 2.75) is 39.7 Å². The normalized spacial score (nSPS) is 19.9. The molecule has 0 saturated carbocycles. The van der Waals surface area contributed by atoms with E-state index in [4.69, 9.17) is 0 Å². The van der Waals surface area contributed by atoms with E-state index < -0.39 is 0 Å². The van der Waals surface area contributed by atoms with Gasteiger partial charge in [0, 0.05) is 18.7 Å². The Morgan fingerprint density at radius 1 is 1.47 bits per heavy atom. The highest BCUT2D eigenvalue weighted by Crippen LogP contribution is 2.31. The molecule has 2 rings (SSSR count). The van der Waals surface area contributed by atoms with Crippen LogP contribution in [0.15, 0.2) is 18.2 Å². The van der Waals surface area contributed by atoms with Crippen LogP contribution in [-0.2, 0) is 11.2 Å². The molecule has 0 aromatic heterocycles. The van der Waals surface area contributed by atoms with Gasteiger partial charge in [-0.15, -0.1) is 0 Å². The number of aryl methyl sites for hydroxylation is 2. The minimum atomic E-state index is 0.146. The van der Waals surface area contributed by atoms with Crippen LogP contribution >= 0.6 is 0 Å². The van der Waals surface area contributed by atoms with Crippen LogP contribution in [0.25, 0.3) is 0 Å². The van der Waals surface area contributed by atoms with E-state index in [1.165, 1.54) is 11.1 Å². The van der Waals surface area contributed by atoms with E-state index in [0.29, 0.717) is 6.04 Å². The molecule has 0 N–H and O–H groups in total. The van der Waals surface area contributed by atoms with Gasteiger partial charge >= 0.3 is 0 Å². The zero-order chi connectivity index (χ0) is 11.0. The molecule has 1 aliphatic rings. The zero-order valence-electron chi connectivity index (χ0n) is 9.58. The maximum atomic E-state index is 11.6. The van der Waals surface area contributed by atoms with Gasteiger partial charge in [0.1, 0.15) is 0 Å². The number of carbonyl (C=O) groups excluding carboxylic acids is 1. The van der Waals surface area contributed by atoms with Gasteiger partial charge in [-0.1, -0.05) is 17.7 Å². The van der Waals surface area contributed by atoms with Gasteiger partial charge < -0.3 is 4.90 Å². The largest absolute Gasteiger partial charge is 0.310 e. The molecule has 80 valence electrons. The number of amides is 1. The van der Waals surface area contributed by atoms with Gasteiger partial charge in [-0.25, -0.2) is 0 Å². The lowest BCUT2D eigenvalue weighted by Gasteiger charge is -2.34. The van der Waals surface area contributed by atoms with E-state index >= 15 is 0 Å². The quantitative estimate of drug-likeness (QED) is 0.635. The van der Waals surface area contributed by atoms with Gasteiger partial charge in [0.15, 0.2) is 0 Å². The lowest BCUT2D eigenvalue weighted by molar-refractivity contribution is -0.117. The Labute approximate surface area is 90.9 Å². The summed E-state index contributed by atoms with van der Waals surface area (Å²) in [5.41, 5.74) is 3.68. The molecule has 1 heterocycles. The average molecular weight is 203 g/mol. The molecular formula is C13H17NO. The minimum absolute atomic E-state index is 0.146. The first-order valence-corrected chi connectivity index (χ1v) is 5.49. The van der Waals surface area contributed by atoms with Gasteiger partial charge in [-0.3, -0.25) is 4.79 Å². The molecule has 0 radical (unpaired) electrons. The predicted molar refractivity (Wildman–Crippen MR) is 62.1 cm³/mol. The lowest BCUT2D eigenvalue weighted by atomic mass is 9.95. The first kappa shape index (κ1) is 10.2.